The van der Waals surface area contributed by atoms with E-state index >= 15 is 0 Å². The van der Waals surface area contributed by atoms with Crippen LogP contribution in [0.4, 0.5) is 22.0 Å². The topological polar surface area (TPSA) is 46.5 Å². The van der Waals surface area contributed by atoms with Crippen LogP contribution in [0.15, 0.2) is 48.5 Å². The molecule has 3 aromatic carbocycles. The summed E-state index contributed by atoms with van der Waals surface area (Å²) < 4.78 is 72.5. The molecule has 0 radical (unpaired) electrons. The van der Waals surface area contributed by atoms with Crippen molar-refractivity contribution in [2.75, 3.05) is 0 Å². The van der Waals surface area contributed by atoms with Crippen LogP contribution in [0.2, 0.25) is 0 Å². The first-order valence-corrected chi connectivity index (χ1v) is 16.8. The number of carbonyl (C=O) groups excluding carboxylic acids is 1. The van der Waals surface area contributed by atoms with Gasteiger partial charge in [-0.25, -0.2) is 22.0 Å². The van der Waals surface area contributed by atoms with Gasteiger partial charge in [0, 0.05) is 5.56 Å². The third kappa shape index (κ3) is 5.86. The van der Waals surface area contributed by atoms with E-state index in [4.69, 9.17) is 4.74 Å². The fraction of sp³-hybridized carbons (Fsp3) is 0. The van der Waals surface area contributed by atoms with E-state index in [-0.39, 0.29) is 17.1 Å². The molecule has 0 saturated carbocycles. The van der Waals surface area contributed by atoms with E-state index in [1.54, 1.807) is 0 Å². The van der Waals surface area contributed by atoms with Gasteiger partial charge in [-0.3, -0.25) is 4.79 Å². The molecule has 1 N–H and O–H groups in total. The van der Waals surface area contributed by atoms with Gasteiger partial charge in [0.1, 0.15) is 22.8 Å². The van der Waals surface area contributed by atoms with Crippen LogP contribution in [0.1, 0.15) is 15.9 Å². The number of halogens is 7. The predicted octanol–water partition coefficient (Wildman–Crippen LogP) is 6.88. The molecule has 3 aromatic rings. The third-order valence-corrected chi connectivity index (χ3v) is 3.63. The van der Waals surface area contributed by atoms with Gasteiger partial charge in [-0.15, -0.1) is 0 Å². The molecule has 0 saturated heterocycles. The second-order valence-electron chi connectivity index (χ2n) is 5.46. The summed E-state index contributed by atoms with van der Waals surface area (Å²) in [5, 5.41) is 9.20. The Morgan fingerprint density at radius 1 is 0.733 bits per heavy atom. The fourth-order valence-electron chi connectivity index (χ4n) is 2.27. The van der Waals surface area contributed by atoms with Crippen LogP contribution < -0.4 is 4.74 Å². The molecule has 11 heteroatoms. The summed E-state index contributed by atoms with van der Waals surface area (Å²) in [6.45, 7) is 0. The first-order chi connectivity index (χ1) is 14.2. The molecule has 0 heterocycles. The summed E-state index contributed by atoms with van der Waals surface area (Å²) in [7, 11) is 0.628. The Morgan fingerprint density at radius 2 is 1.10 bits per heavy atom. The van der Waals surface area contributed by atoms with Crippen molar-refractivity contribution in [2.45, 2.75) is 0 Å². The number of aromatic hydroxyl groups is 1. The van der Waals surface area contributed by atoms with E-state index in [2.05, 4.69) is 40.0 Å². The second kappa shape index (κ2) is 11.3. The summed E-state index contributed by atoms with van der Waals surface area (Å²) in [6, 6.07) is 10.5. The Morgan fingerprint density at radius 3 is 1.53 bits per heavy atom. The monoisotopic (exact) mass is 685 g/mol. The molecule has 0 unspecified atom stereocenters. The minimum absolute atomic E-state index is 0.0334. The number of phenols is 1. The van der Waals surface area contributed by atoms with Crippen LogP contribution in [0.5, 0.6) is 17.2 Å². The molecule has 0 fully saturated rings. The Hall–Kier alpha value is -1.38. The van der Waals surface area contributed by atoms with Crippen molar-refractivity contribution >= 4 is 45.7 Å². The Labute approximate surface area is 196 Å². The summed E-state index contributed by atoms with van der Waals surface area (Å²) in [5.74, 6) is -11.8. The quantitative estimate of drug-likeness (QED) is 0.107. The van der Waals surface area contributed by atoms with Gasteiger partial charge >= 0.3 is 49.4 Å². The minimum atomic E-state index is -2.33. The van der Waals surface area contributed by atoms with Gasteiger partial charge < -0.3 is 9.84 Å². The Balaban J connectivity index is 0.00000101. The number of phenolic OH excluding ortho intramolecular Hbond substituents is 1. The molecule has 0 amide bonds. The summed E-state index contributed by atoms with van der Waals surface area (Å²) in [5.41, 5.74) is -1.82. The number of hydrogen-bond donors (Lipinski definition) is 1. The summed E-state index contributed by atoms with van der Waals surface area (Å²) >= 11 is 4.74. The number of benzene rings is 3. The molecule has 3 rings (SSSR count). The van der Waals surface area contributed by atoms with Gasteiger partial charge in [-0.1, -0.05) is 0 Å². The number of ketones is 1. The molecular weight excluding hydrogens is 676 g/mol. The van der Waals surface area contributed by atoms with Crippen LogP contribution in [-0.4, -0.2) is 10.9 Å². The van der Waals surface area contributed by atoms with Crippen molar-refractivity contribution in [2.24, 2.45) is 0 Å². The van der Waals surface area contributed by atoms with Crippen LogP contribution in [0.25, 0.3) is 0 Å². The number of rotatable bonds is 4. The van der Waals surface area contributed by atoms with E-state index in [0.29, 0.717) is 15.2 Å². The van der Waals surface area contributed by atoms with Crippen molar-refractivity contribution in [3.63, 3.8) is 0 Å². The maximum absolute atomic E-state index is 13.8. The average Bonchev–Trinajstić information content (AvgIpc) is 2.73. The summed E-state index contributed by atoms with van der Waals surface area (Å²) in [4.78, 5) is 12.2. The first kappa shape index (κ1) is 24.9. The normalized spacial score (nSPS) is 10.1. The number of carbonyl (C=O) groups is 1. The molecular formula is C19H9F5I2O3V. The van der Waals surface area contributed by atoms with Gasteiger partial charge in [0.15, 0.2) is 29.1 Å². The Kier molecular flexibility index (Phi) is 9.38. The van der Waals surface area contributed by atoms with E-state index in [1.807, 2.05) is 0 Å². The zero-order chi connectivity index (χ0) is 22.4. The Bertz CT molecular complexity index is 1020. The van der Waals surface area contributed by atoms with Crippen LogP contribution in [0.3, 0.4) is 0 Å². The van der Waals surface area contributed by atoms with Gasteiger partial charge in [0.2, 0.25) is 5.82 Å². The molecule has 0 atom stereocenters. The van der Waals surface area contributed by atoms with Gasteiger partial charge in [0.25, 0.3) is 0 Å². The van der Waals surface area contributed by atoms with E-state index in [0.717, 1.165) is 12.1 Å². The maximum atomic E-state index is 13.8. The summed E-state index contributed by atoms with van der Waals surface area (Å²) in [6.07, 6.45) is 0. The van der Waals surface area contributed by atoms with Crippen molar-refractivity contribution < 1.29 is 46.1 Å². The molecule has 30 heavy (non-hydrogen) atoms. The van der Waals surface area contributed by atoms with Crippen LogP contribution in [-0.2, 0) is 9.47 Å². The van der Waals surface area contributed by atoms with Crippen molar-refractivity contribution in [3.8, 4) is 17.2 Å². The van der Waals surface area contributed by atoms with E-state index in [1.165, 1.54) is 36.4 Å². The zero-order valence-corrected chi connectivity index (χ0v) is 20.2. The molecule has 0 aliphatic heterocycles. The SMILES string of the molecule is O=C(c1ccc(Oc2ccc(O)cc2)cc1)c1c(F)c(F)c(F)c(F)c1F.[I][V][I]. The van der Waals surface area contributed by atoms with Gasteiger partial charge in [-0.05, 0) is 48.5 Å². The fourth-order valence-corrected chi connectivity index (χ4v) is 2.27. The third-order valence-electron chi connectivity index (χ3n) is 3.63. The van der Waals surface area contributed by atoms with Gasteiger partial charge in [-0.2, -0.15) is 0 Å². The van der Waals surface area contributed by atoms with Crippen molar-refractivity contribution in [1.29, 1.82) is 0 Å². The first-order valence-electron chi connectivity index (χ1n) is 7.76. The molecule has 0 aliphatic rings. The predicted molar refractivity (Wildman–Crippen MR) is 112 cm³/mol. The molecule has 0 aromatic heterocycles. The molecule has 3 nitrogen and oxygen atoms in total. The molecule has 0 spiro atoms. The second-order valence-corrected chi connectivity index (χ2v) is 17.2. The average molecular weight is 685 g/mol. The molecule has 0 aliphatic carbocycles. The molecule has 157 valence electrons. The number of hydrogen-bond acceptors (Lipinski definition) is 3. The zero-order valence-electron chi connectivity index (χ0n) is 14.5. The molecule has 0 bridgehead atoms. The van der Waals surface area contributed by atoms with E-state index < -0.39 is 40.4 Å². The van der Waals surface area contributed by atoms with E-state index in [9.17, 15) is 31.9 Å². The van der Waals surface area contributed by atoms with Crippen LogP contribution in [0, 0.1) is 29.1 Å². The van der Waals surface area contributed by atoms with Gasteiger partial charge in [0.05, 0.1) is 0 Å². The van der Waals surface area contributed by atoms with Crippen molar-refractivity contribution in [1.82, 2.24) is 0 Å². The van der Waals surface area contributed by atoms with Crippen LogP contribution >= 0.6 is 40.0 Å². The number of ether oxygens (including phenoxy) is 1. The van der Waals surface area contributed by atoms with Crippen molar-refractivity contribution in [3.05, 3.63) is 88.7 Å². The standard InChI is InChI=1S/C19H9F5O3.2HI.V/c20-14-13(15(21)17(23)18(24)16(14)22)19(26)9-1-5-11(6-2-9)27-12-7-3-10(25)4-8-12;;;/h1-8,25H;2*1H;/q;;;+2/p-2.